The van der Waals surface area contributed by atoms with Gasteiger partial charge in [0.2, 0.25) is 0 Å². The summed E-state index contributed by atoms with van der Waals surface area (Å²) in [5.74, 6) is -5.38. The van der Waals surface area contributed by atoms with E-state index in [4.69, 9.17) is 5.73 Å². The molecule has 3 N–H and O–H groups in total. The minimum absolute atomic E-state index is 0.305. The molecule has 0 unspecified atom stereocenters. The number of aryl methyl sites for hydroxylation is 1. The Hall–Kier alpha value is -3.16. The van der Waals surface area contributed by atoms with Gasteiger partial charge in [-0.25, -0.2) is 18.2 Å². The fraction of sp³-hybridized carbons (Fsp3) is 0.111. The molecular formula is C18H14F3N4O. The number of hydrogen-bond donors (Lipinski definition) is 2. The smallest absolute Gasteiger partial charge is 0.254 e. The van der Waals surface area contributed by atoms with Crippen LogP contribution in [-0.4, -0.2) is 21.1 Å². The summed E-state index contributed by atoms with van der Waals surface area (Å²) in [6.45, 7) is 0. The van der Waals surface area contributed by atoms with Crippen LogP contribution in [0.5, 0.6) is 0 Å². The van der Waals surface area contributed by atoms with Crippen molar-refractivity contribution in [1.29, 1.82) is 0 Å². The van der Waals surface area contributed by atoms with Gasteiger partial charge in [0.05, 0.1) is 5.56 Å². The first-order chi connectivity index (χ1) is 12.5. The molecule has 2 aromatic carbocycles. The topological polar surface area (TPSA) is 84.7 Å². The Labute approximate surface area is 147 Å². The first-order valence-corrected chi connectivity index (χ1v) is 7.74. The highest BCUT2D eigenvalue weighted by atomic mass is 19.1. The lowest BCUT2D eigenvalue weighted by Crippen LogP contribution is -2.17. The molecule has 3 rings (SSSR count). The lowest BCUT2D eigenvalue weighted by atomic mass is 10.1. The van der Waals surface area contributed by atoms with E-state index in [0.29, 0.717) is 18.3 Å². The molecule has 1 radical (unpaired) electrons. The number of nitrogens with two attached hydrogens (primary N) is 1. The van der Waals surface area contributed by atoms with Gasteiger partial charge in [0, 0.05) is 12.5 Å². The van der Waals surface area contributed by atoms with E-state index >= 15 is 0 Å². The lowest BCUT2D eigenvalue weighted by molar-refractivity contribution is 0.0992. The van der Waals surface area contributed by atoms with E-state index in [1.54, 1.807) is 6.42 Å². The number of H-pyrrole nitrogens is 1. The molecule has 1 heterocycles. The van der Waals surface area contributed by atoms with Crippen LogP contribution < -0.4 is 5.73 Å². The first-order valence-electron chi connectivity index (χ1n) is 7.74. The summed E-state index contributed by atoms with van der Waals surface area (Å²) in [4.78, 5) is 15.2. The minimum Gasteiger partial charge on any atom is -0.365 e. The molecule has 1 amide bonds. The number of aromatic nitrogens is 3. The number of aromatic amines is 1. The average molecular weight is 359 g/mol. The summed E-state index contributed by atoms with van der Waals surface area (Å²) in [5.41, 5.74) is 4.34. The van der Waals surface area contributed by atoms with Crippen molar-refractivity contribution >= 4 is 5.91 Å². The van der Waals surface area contributed by atoms with Gasteiger partial charge in [-0.1, -0.05) is 30.3 Å². The van der Waals surface area contributed by atoms with Crippen LogP contribution in [-0.2, 0) is 6.42 Å². The van der Waals surface area contributed by atoms with Gasteiger partial charge in [0.1, 0.15) is 23.0 Å². The molecule has 0 aliphatic carbocycles. The lowest BCUT2D eigenvalue weighted by Gasteiger charge is -2.06. The van der Waals surface area contributed by atoms with Crippen LogP contribution in [0.25, 0.3) is 11.4 Å². The van der Waals surface area contributed by atoms with Crippen LogP contribution in [0.3, 0.4) is 0 Å². The summed E-state index contributed by atoms with van der Waals surface area (Å²) in [7, 11) is 0. The second kappa shape index (κ2) is 7.38. The van der Waals surface area contributed by atoms with Crippen molar-refractivity contribution in [1.82, 2.24) is 15.2 Å². The van der Waals surface area contributed by atoms with Gasteiger partial charge in [-0.05, 0) is 18.4 Å². The van der Waals surface area contributed by atoms with Gasteiger partial charge in [-0.2, -0.15) is 5.10 Å². The van der Waals surface area contributed by atoms with Gasteiger partial charge < -0.3 is 5.73 Å². The van der Waals surface area contributed by atoms with E-state index < -0.39 is 34.5 Å². The van der Waals surface area contributed by atoms with Crippen molar-refractivity contribution in [2.75, 3.05) is 0 Å². The SMILES string of the molecule is NC(=O)c1c(F)cc(F)c(-c2n[nH]c([CH]CCc3ccccc3)n2)c1F. The molecule has 3 aromatic rings. The molecule has 0 bridgehead atoms. The number of hydrogen-bond acceptors (Lipinski definition) is 3. The van der Waals surface area contributed by atoms with E-state index in [1.165, 1.54) is 0 Å². The number of rotatable bonds is 6. The third-order valence-corrected chi connectivity index (χ3v) is 3.76. The maximum Gasteiger partial charge on any atom is 0.254 e. The predicted octanol–water partition coefficient (Wildman–Crippen LogP) is 3.17. The number of nitrogens with one attached hydrogen (secondary N) is 1. The zero-order chi connectivity index (χ0) is 18.7. The molecular weight excluding hydrogens is 345 g/mol. The van der Waals surface area contributed by atoms with Crippen molar-refractivity contribution in [3.63, 3.8) is 0 Å². The molecule has 0 saturated heterocycles. The van der Waals surface area contributed by atoms with Crippen molar-refractivity contribution in [2.24, 2.45) is 5.73 Å². The minimum atomic E-state index is -1.43. The maximum absolute atomic E-state index is 14.3. The number of nitrogens with zero attached hydrogens (tertiary/aromatic N) is 2. The van der Waals surface area contributed by atoms with E-state index in [9.17, 15) is 18.0 Å². The third-order valence-electron chi connectivity index (χ3n) is 3.76. The first kappa shape index (κ1) is 17.7. The van der Waals surface area contributed by atoms with Crippen LogP contribution in [0.4, 0.5) is 13.2 Å². The zero-order valence-corrected chi connectivity index (χ0v) is 13.5. The van der Waals surface area contributed by atoms with Crippen LogP contribution in [0, 0.1) is 23.9 Å². The summed E-state index contributed by atoms with van der Waals surface area (Å²) in [5, 5.41) is 6.29. The summed E-state index contributed by atoms with van der Waals surface area (Å²) in [6, 6.07) is 10.1. The van der Waals surface area contributed by atoms with Crippen molar-refractivity contribution < 1.29 is 18.0 Å². The maximum atomic E-state index is 14.3. The van der Waals surface area contributed by atoms with Crippen LogP contribution >= 0.6 is 0 Å². The summed E-state index contributed by atoms with van der Waals surface area (Å²) < 4.78 is 41.9. The molecule has 26 heavy (non-hydrogen) atoms. The van der Waals surface area contributed by atoms with E-state index in [1.807, 2.05) is 30.3 Å². The number of amides is 1. The summed E-state index contributed by atoms with van der Waals surface area (Å²) in [6.07, 6.45) is 3.10. The standard InChI is InChI=1S/C18H14F3N4O/c19-11-9-12(20)15(16(21)14(11)17(22)26)18-23-13(24-25-18)8-4-7-10-5-2-1-3-6-10/h1-3,5-6,8-9H,4,7H2,(H2,22,26)(H,23,24,25). The van der Waals surface area contributed by atoms with Gasteiger partial charge in [-0.3, -0.25) is 9.89 Å². The number of carbonyl (C=O) groups excluding carboxylic acids is 1. The van der Waals surface area contributed by atoms with Gasteiger partial charge in [0.25, 0.3) is 5.91 Å². The van der Waals surface area contributed by atoms with Crippen molar-refractivity contribution in [3.8, 4) is 11.4 Å². The largest absolute Gasteiger partial charge is 0.365 e. The average Bonchev–Trinajstić information content (AvgIpc) is 3.03. The highest BCUT2D eigenvalue weighted by Gasteiger charge is 2.25. The Morgan fingerprint density at radius 3 is 2.58 bits per heavy atom. The quantitative estimate of drug-likeness (QED) is 0.709. The highest BCUT2D eigenvalue weighted by Crippen LogP contribution is 2.27. The Bertz CT molecular complexity index is 941. The van der Waals surface area contributed by atoms with Crippen LogP contribution in [0.1, 0.15) is 28.2 Å². The van der Waals surface area contributed by atoms with Crippen molar-refractivity contribution in [3.05, 3.63) is 77.2 Å². The number of halogens is 3. The second-order valence-corrected chi connectivity index (χ2v) is 5.54. The molecule has 0 spiro atoms. The molecule has 0 saturated carbocycles. The Morgan fingerprint density at radius 1 is 1.15 bits per heavy atom. The number of carbonyl (C=O) groups is 1. The Morgan fingerprint density at radius 2 is 1.88 bits per heavy atom. The van der Waals surface area contributed by atoms with Crippen LogP contribution in [0.15, 0.2) is 36.4 Å². The number of benzene rings is 2. The highest BCUT2D eigenvalue weighted by molar-refractivity contribution is 5.94. The fourth-order valence-electron chi connectivity index (χ4n) is 2.52. The molecule has 0 atom stereocenters. The molecule has 0 aliphatic heterocycles. The molecule has 1 aromatic heterocycles. The van der Waals surface area contributed by atoms with E-state index in [2.05, 4.69) is 15.2 Å². The van der Waals surface area contributed by atoms with E-state index in [0.717, 1.165) is 12.0 Å². The molecule has 8 heteroatoms. The zero-order valence-electron chi connectivity index (χ0n) is 13.5. The predicted molar refractivity (Wildman–Crippen MR) is 88.4 cm³/mol. The third kappa shape index (κ3) is 3.58. The van der Waals surface area contributed by atoms with Gasteiger partial charge >= 0.3 is 0 Å². The van der Waals surface area contributed by atoms with E-state index in [-0.39, 0.29) is 5.82 Å². The monoisotopic (exact) mass is 359 g/mol. The van der Waals surface area contributed by atoms with Gasteiger partial charge in [0.15, 0.2) is 11.6 Å². The number of primary amides is 1. The normalized spacial score (nSPS) is 10.9. The van der Waals surface area contributed by atoms with Gasteiger partial charge in [-0.15, -0.1) is 0 Å². The molecule has 0 fully saturated rings. The van der Waals surface area contributed by atoms with Crippen molar-refractivity contribution in [2.45, 2.75) is 12.8 Å². The Kier molecular flexibility index (Phi) is 5.01. The fourth-order valence-corrected chi connectivity index (χ4v) is 2.52. The molecule has 0 aliphatic rings. The Balaban J connectivity index is 1.79. The molecule has 133 valence electrons. The second-order valence-electron chi connectivity index (χ2n) is 5.54. The summed E-state index contributed by atoms with van der Waals surface area (Å²) >= 11 is 0. The van der Waals surface area contributed by atoms with Crippen LogP contribution in [0.2, 0.25) is 0 Å². The molecule has 5 nitrogen and oxygen atoms in total.